The first-order valence-corrected chi connectivity index (χ1v) is 7.07. The predicted molar refractivity (Wildman–Crippen MR) is 73.3 cm³/mol. The molecule has 1 rings (SSSR count). The summed E-state index contributed by atoms with van der Waals surface area (Å²) in [6, 6.07) is 8.82. The molecule has 90 valence electrons. The van der Waals surface area contributed by atoms with E-state index in [0.29, 0.717) is 5.92 Å². The van der Waals surface area contributed by atoms with Gasteiger partial charge in [0.05, 0.1) is 0 Å². The molecule has 0 heterocycles. The largest absolute Gasteiger partial charge is 0.382 e. The van der Waals surface area contributed by atoms with Gasteiger partial charge in [-0.2, -0.15) is 0 Å². The zero-order valence-corrected chi connectivity index (χ0v) is 11.8. The second-order valence-corrected chi connectivity index (χ2v) is 4.84. The van der Waals surface area contributed by atoms with Crippen molar-refractivity contribution in [2.45, 2.75) is 26.7 Å². The van der Waals surface area contributed by atoms with E-state index in [0.717, 1.165) is 31.4 Å². The van der Waals surface area contributed by atoms with Gasteiger partial charge in [-0.1, -0.05) is 45.8 Å². The molecule has 0 saturated heterocycles. The van der Waals surface area contributed by atoms with Crippen LogP contribution in [0.3, 0.4) is 0 Å². The third-order valence-electron chi connectivity index (χ3n) is 2.74. The van der Waals surface area contributed by atoms with E-state index in [4.69, 9.17) is 4.74 Å². The van der Waals surface area contributed by atoms with E-state index in [2.05, 4.69) is 47.1 Å². The minimum atomic E-state index is 0.675. The van der Waals surface area contributed by atoms with Crippen LogP contribution in [0.2, 0.25) is 0 Å². The summed E-state index contributed by atoms with van der Waals surface area (Å²) in [5.41, 5.74) is 2.75. The number of benzene rings is 1. The molecule has 0 saturated carbocycles. The van der Waals surface area contributed by atoms with Crippen molar-refractivity contribution >= 4 is 15.9 Å². The summed E-state index contributed by atoms with van der Waals surface area (Å²) in [4.78, 5) is 0. The molecule has 0 fully saturated rings. The van der Waals surface area contributed by atoms with Gasteiger partial charge < -0.3 is 4.74 Å². The van der Waals surface area contributed by atoms with Gasteiger partial charge in [0.15, 0.2) is 0 Å². The first kappa shape index (κ1) is 13.7. The zero-order valence-electron chi connectivity index (χ0n) is 10.2. The lowest BCUT2D eigenvalue weighted by Crippen LogP contribution is -2.10. The van der Waals surface area contributed by atoms with Gasteiger partial charge in [-0.25, -0.2) is 0 Å². The van der Waals surface area contributed by atoms with Gasteiger partial charge in [0, 0.05) is 18.5 Å². The summed E-state index contributed by atoms with van der Waals surface area (Å²) >= 11 is 3.58. The highest BCUT2D eigenvalue weighted by Crippen LogP contribution is 2.15. The fourth-order valence-corrected chi connectivity index (χ4v) is 2.24. The highest BCUT2D eigenvalue weighted by Gasteiger charge is 2.08. The second-order valence-electron chi connectivity index (χ2n) is 4.20. The fraction of sp³-hybridized carbons (Fsp3) is 0.571. The van der Waals surface area contributed by atoms with Crippen LogP contribution < -0.4 is 0 Å². The molecular formula is C14H21BrO. The molecule has 1 atom stereocenters. The number of hydrogen-bond acceptors (Lipinski definition) is 1. The lowest BCUT2D eigenvalue weighted by molar-refractivity contribution is 0.134. The number of alkyl halides is 1. The summed E-state index contributed by atoms with van der Waals surface area (Å²) in [6.45, 7) is 5.86. The highest BCUT2D eigenvalue weighted by atomic mass is 79.9. The molecule has 0 N–H and O–H groups in total. The summed E-state index contributed by atoms with van der Waals surface area (Å²) in [7, 11) is 0. The third-order valence-corrected chi connectivity index (χ3v) is 3.65. The lowest BCUT2D eigenvalue weighted by atomic mass is 9.98. The second kappa shape index (κ2) is 7.86. The summed E-state index contributed by atoms with van der Waals surface area (Å²) in [5, 5.41) is 1.05. The van der Waals surface area contributed by atoms with Crippen LogP contribution in [0.25, 0.3) is 0 Å². The van der Waals surface area contributed by atoms with E-state index in [-0.39, 0.29) is 0 Å². The molecule has 0 aliphatic carbocycles. The normalized spacial score (nSPS) is 12.7. The Morgan fingerprint density at radius 2 is 1.94 bits per heavy atom. The van der Waals surface area contributed by atoms with Crippen LogP contribution in [0.15, 0.2) is 24.3 Å². The minimum absolute atomic E-state index is 0.675. The third kappa shape index (κ3) is 5.13. The first-order valence-electron chi connectivity index (χ1n) is 5.95. The number of hydrogen-bond donors (Lipinski definition) is 0. The van der Waals surface area contributed by atoms with Gasteiger partial charge >= 0.3 is 0 Å². The Morgan fingerprint density at radius 3 is 2.50 bits per heavy atom. The average molecular weight is 285 g/mol. The maximum Gasteiger partial charge on any atom is 0.0468 e. The van der Waals surface area contributed by atoms with Gasteiger partial charge in [-0.15, -0.1) is 0 Å². The van der Waals surface area contributed by atoms with Crippen LogP contribution in [0.1, 0.15) is 24.5 Å². The Bertz CT molecular complexity index is 281. The molecule has 0 radical (unpaired) electrons. The quantitative estimate of drug-likeness (QED) is 0.544. The molecule has 1 aromatic rings. The Balaban J connectivity index is 2.40. The molecule has 1 aromatic carbocycles. The van der Waals surface area contributed by atoms with Crippen molar-refractivity contribution < 1.29 is 4.74 Å². The topological polar surface area (TPSA) is 9.23 Å². The number of halogens is 1. The van der Waals surface area contributed by atoms with E-state index < -0.39 is 0 Å². The van der Waals surface area contributed by atoms with E-state index in [1.165, 1.54) is 11.1 Å². The van der Waals surface area contributed by atoms with E-state index in [9.17, 15) is 0 Å². The highest BCUT2D eigenvalue weighted by molar-refractivity contribution is 9.09. The van der Waals surface area contributed by atoms with E-state index in [1.54, 1.807) is 0 Å². The van der Waals surface area contributed by atoms with Crippen LogP contribution in [-0.4, -0.2) is 18.5 Å². The number of aryl methyl sites for hydroxylation is 1. The molecule has 2 heteroatoms. The minimum Gasteiger partial charge on any atom is -0.382 e. The summed E-state index contributed by atoms with van der Waals surface area (Å²) < 4.78 is 5.40. The summed E-state index contributed by atoms with van der Waals surface area (Å²) in [5.74, 6) is 0.675. The maximum atomic E-state index is 5.40. The van der Waals surface area contributed by atoms with Crippen molar-refractivity contribution in [3.8, 4) is 0 Å². The summed E-state index contributed by atoms with van der Waals surface area (Å²) in [6.07, 6.45) is 2.27. The Hall–Kier alpha value is -0.340. The molecule has 0 spiro atoms. The van der Waals surface area contributed by atoms with Crippen molar-refractivity contribution in [1.29, 1.82) is 0 Å². The average Bonchev–Trinajstić information content (AvgIpc) is 2.31. The molecule has 1 unspecified atom stereocenters. The van der Waals surface area contributed by atoms with Crippen LogP contribution in [0.5, 0.6) is 0 Å². The van der Waals surface area contributed by atoms with Crippen molar-refractivity contribution in [3.05, 3.63) is 35.4 Å². The van der Waals surface area contributed by atoms with E-state index in [1.807, 2.05) is 6.92 Å². The van der Waals surface area contributed by atoms with Gasteiger partial charge in [-0.3, -0.25) is 0 Å². The zero-order chi connectivity index (χ0) is 11.8. The van der Waals surface area contributed by atoms with Crippen LogP contribution in [-0.2, 0) is 11.2 Å². The van der Waals surface area contributed by atoms with Crippen molar-refractivity contribution in [1.82, 2.24) is 0 Å². The Kier molecular flexibility index (Phi) is 6.74. The molecular weight excluding hydrogens is 264 g/mol. The molecule has 0 bridgehead atoms. The van der Waals surface area contributed by atoms with E-state index >= 15 is 0 Å². The molecule has 16 heavy (non-hydrogen) atoms. The van der Waals surface area contributed by atoms with Gasteiger partial charge in [0.1, 0.15) is 0 Å². The SMILES string of the molecule is CCOCCC(CBr)Cc1ccc(C)cc1. The van der Waals surface area contributed by atoms with Crippen molar-refractivity contribution in [3.63, 3.8) is 0 Å². The van der Waals surface area contributed by atoms with Gasteiger partial charge in [-0.05, 0) is 38.2 Å². The number of ether oxygens (including phenoxy) is 1. The predicted octanol–water partition coefficient (Wildman–Crippen LogP) is 3.98. The van der Waals surface area contributed by atoms with Crippen LogP contribution in [0, 0.1) is 12.8 Å². The van der Waals surface area contributed by atoms with Gasteiger partial charge in [0.2, 0.25) is 0 Å². The van der Waals surface area contributed by atoms with Crippen LogP contribution in [0.4, 0.5) is 0 Å². The van der Waals surface area contributed by atoms with Crippen molar-refractivity contribution in [2.75, 3.05) is 18.5 Å². The first-order chi connectivity index (χ1) is 7.76. The monoisotopic (exact) mass is 284 g/mol. The van der Waals surface area contributed by atoms with Gasteiger partial charge in [0.25, 0.3) is 0 Å². The maximum absolute atomic E-state index is 5.40. The molecule has 1 nitrogen and oxygen atoms in total. The Morgan fingerprint density at radius 1 is 1.25 bits per heavy atom. The number of rotatable bonds is 7. The Labute approximate surface area is 107 Å². The molecule has 0 aliphatic rings. The lowest BCUT2D eigenvalue weighted by Gasteiger charge is -2.14. The van der Waals surface area contributed by atoms with Crippen LogP contribution >= 0.6 is 15.9 Å². The molecule has 0 aliphatic heterocycles. The smallest absolute Gasteiger partial charge is 0.0468 e. The molecule has 0 aromatic heterocycles. The van der Waals surface area contributed by atoms with Crippen molar-refractivity contribution in [2.24, 2.45) is 5.92 Å². The standard InChI is InChI=1S/C14H21BrO/c1-3-16-9-8-14(11-15)10-13-6-4-12(2)5-7-13/h4-7,14H,3,8-11H2,1-2H3. The molecule has 0 amide bonds. The fourth-order valence-electron chi connectivity index (χ4n) is 1.69.